The van der Waals surface area contributed by atoms with Crippen molar-refractivity contribution in [1.82, 2.24) is 0 Å². The van der Waals surface area contributed by atoms with E-state index in [0.717, 1.165) is 35.4 Å². The van der Waals surface area contributed by atoms with Gasteiger partial charge in [-0.15, -0.1) is 0 Å². The molecule has 4 heteroatoms. The lowest BCUT2D eigenvalue weighted by Gasteiger charge is -2.16. The van der Waals surface area contributed by atoms with Crippen molar-refractivity contribution in [3.05, 3.63) is 88.9 Å². The maximum atomic E-state index is 9.11. The molecule has 0 aromatic heterocycles. The number of para-hydroxylation sites is 1. The Labute approximate surface area is 177 Å². The van der Waals surface area contributed by atoms with Crippen molar-refractivity contribution in [2.45, 2.75) is 26.7 Å². The molecule has 3 nitrogen and oxygen atoms in total. The molecule has 0 saturated heterocycles. The molecule has 1 N–H and O–H groups in total. The molecular weight excluding hydrogens is 416 g/mol. The second kappa shape index (κ2) is 14.6. The fourth-order valence-electron chi connectivity index (χ4n) is 2.30. The van der Waals surface area contributed by atoms with Crippen molar-refractivity contribution in [1.29, 1.82) is 0 Å². The summed E-state index contributed by atoms with van der Waals surface area (Å²) in [6.45, 7) is 4.77. The monoisotopic (exact) mass is 444 g/mol. The molecule has 1 aliphatic heterocycles. The number of hydrogen-bond donors (Lipinski definition) is 1. The molecule has 3 aromatic carbocycles. The number of aromatic hydroxyl groups is 1. The lowest BCUT2D eigenvalue weighted by molar-refractivity contribution is 0.286. The van der Waals surface area contributed by atoms with Crippen LogP contribution in [-0.4, -0.2) is 18.8 Å². The first-order valence-corrected chi connectivity index (χ1v) is 10.2. The summed E-state index contributed by atoms with van der Waals surface area (Å²) < 4.78 is 11.4. The van der Waals surface area contributed by atoms with Crippen molar-refractivity contribution in [2.75, 3.05) is 13.7 Å². The summed E-state index contributed by atoms with van der Waals surface area (Å²) in [6.07, 6.45) is 2.15. The van der Waals surface area contributed by atoms with Crippen LogP contribution in [0.1, 0.15) is 25.8 Å². The zero-order valence-corrected chi connectivity index (χ0v) is 18.4. The quantitative estimate of drug-likeness (QED) is 0.443. The standard InChI is InChI=1S/C9H10O2.C7H8O.C6H5Br.C2H6/c10-8-4-3-7-2-1-5-11-9(7)6-8;1-8-7-5-3-2-4-6-7;7-6-4-2-1-3-5-6;1-2/h3-4,6,10H,1-2,5H2;2-6H,1H3;1-5H;1-2H3. The average molecular weight is 445 g/mol. The normalized spacial score (nSPS) is 10.9. The van der Waals surface area contributed by atoms with E-state index in [-0.39, 0.29) is 5.75 Å². The Morgan fingerprint density at radius 2 is 1.50 bits per heavy atom. The lowest BCUT2D eigenvalue weighted by atomic mass is 10.1. The molecule has 4 rings (SSSR count). The van der Waals surface area contributed by atoms with Gasteiger partial charge in [-0.2, -0.15) is 0 Å². The van der Waals surface area contributed by atoms with Crippen molar-refractivity contribution in [3.8, 4) is 17.2 Å². The van der Waals surface area contributed by atoms with Gasteiger partial charge in [-0.1, -0.05) is 72.2 Å². The number of ether oxygens (including phenoxy) is 2. The topological polar surface area (TPSA) is 38.7 Å². The highest BCUT2D eigenvalue weighted by Gasteiger charge is 2.09. The van der Waals surface area contributed by atoms with Crippen molar-refractivity contribution in [2.24, 2.45) is 0 Å². The Hall–Kier alpha value is -2.46. The van der Waals surface area contributed by atoms with Gasteiger partial charge < -0.3 is 14.6 Å². The number of methoxy groups -OCH3 is 1. The number of phenols is 1. The average Bonchev–Trinajstić information content (AvgIpc) is 2.77. The van der Waals surface area contributed by atoms with Gasteiger partial charge in [0.05, 0.1) is 13.7 Å². The molecule has 0 atom stereocenters. The SMILES string of the molecule is Brc1ccccc1.CC.COc1ccccc1.Oc1ccc2c(c1)OCCC2. The Kier molecular flexibility index (Phi) is 12.3. The number of aryl methyl sites for hydroxylation is 1. The molecule has 0 bridgehead atoms. The van der Waals surface area contributed by atoms with Gasteiger partial charge in [-0.3, -0.25) is 0 Å². The summed E-state index contributed by atoms with van der Waals surface area (Å²) in [6, 6.07) is 24.9. The van der Waals surface area contributed by atoms with E-state index < -0.39 is 0 Å². The van der Waals surface area contributed by atoms with E-state index in [1.165, 1.54) is 5.56 Å². The predicted octanol–water partition coefficient (Wildman–Crippen LogP) is 6.89. The fraction of sp³-hybridized carbons (Fsp3) is 0.250. The van der Waals surface area contributed by atoms with Crippen LogP contribution in [0.4, 0.5) is 0 Å². The second-order valence-corrected chi connectivity index (χ2v) is 6.47. The Morgan fingerprint density at radius 1 is 0.893 bits per heavy atom. The predicted molar refractivity (Wildman–Crippen MR) is 120 cm³/mol. The minimum Gasteiger partial charge on any atom is -0.508 e. The minimum absolute atomic E-state index is 0.283. The third-order valence-corrected chi connectivity index (χ3v) is 4.14. The summed E-state index contributed by atoms with van der Waals surface area (Å²) in [5.74, 6) is 2.04. The summed E-state index contributed by atoms with van der Waals surface area (Å²) in [5.41, 5.74) is 1.20. The van der Waals surface area contributed by atoms with Crippen LogP contribution in [0, 0.1) is 0 Å². The highest BCUT2D eigenvalue weighted by Crippen LogP contribution is 2.27. The van der Waals surface area contributed by atoms with E-state index in [1.54, 1.807) is 19.2 Å². The van der Waals surface area contributed by atoms with E-state index in [2.05, 4.69) is 15.9 Å². The van der Waals surface area contributed by atoms with Gasteiger partial charge in [0.1, 0.15) is 17.2 Å². The molecule has 0 saturated carbocycles. The number of fused-ring (bicyclic) bond motifs is 1. The van der Waals surface area contributed by atoms with E-state index >= 15 is 0 Å². The Morgan fingerprint density at radius 3 is 2.00 bits per heavy atom. The van der Waals surface area contributed by atoms with E-state index in [9.17, 15) is 0 Å². The molecule has 0 amide bonds. The highest BCUT2D eigenvalue weighted by atomic mass is 79.9. The van der Waals surface area contributed by atoms with E-state index in [1.807, 2.05) is 80.6 Å². The third-order valence-electron chi connectivity index (χ3n) is 3.61. The molecule has 0 fully saturated rings. The van der Waals surface area contributed by atoms with Crippen LogP contribution in [0.5, 0.6) is 17.2 Å². The van der Waals surface area contributed by atoms with Gasteiger partial charge in [0.2, 0.25) is 0 Å². The zero-order valence-electron chi connectivity index (χ0n) is 16.8. The van der Waals surface area contributed by atoms with Gasteiger partial charge in [0, 0.05) is 10.5 Å². The molecule has 0 unspecified atom stereocenters. The number of halogens is 1. The lowest BCUT2D eigenvalue weighted by Crippen LogP contribution is -2.07. The number of hydrogen-bond acceptors (Lipinski definition) is 3. The van der Waals surface area contributed by atoms with Gasteiger partial charge in [0.25, 0.3) is 0 Å². The third kappa shape index (κ3) is 9.47. The van der Waals surface area contributed by atoms with Crippen molar-refractivity contribution >= 4 is 15.9 Å². The zero-order chi connectivity index (χ0) is 20.6. The summed E-state index contributed by atoms with van der Waals surface area (Å²) in [7, 11) is 1.66. The van der Waals surface area contributed by atoms with Crippen molar-refractivity contribution < 1.29 is 14.6 Å². The highest BCUT2D eigenvalue weighted by molar-refractivity contribution is 9.10. The van der Waals surface area contributed by atoms with E-state index in [0.29, 0.717) is 0 Å². The van der Waals surface area contributed by atoms with Crippen LogP contribution in [0.2, 0.25) is 0 Å². The second-order valence-electron chi connectivity index (χ2n) is 5.56. The first-order valence-electron chi connectivity index (χ1n) is 9.43. The van der Waals surface area contributed by atoms with Gasteiger partial charge in [-0.25, -0.2) is 0 Å². The molecule has 1 aliphatic rings. The summed E-state index contributed by atoms with van der Waals surface area (Å²) in [5, 5.41) is 9.11. The Balaban J connectivity index is 0.000000207. The fourth-order valence-corrected chi connectivity index (χ4v) is 2.61. The van der Waals surface area contributed by atoms with Crippen LogP contribution in [0.25, 0.3) is 0 Å². The Bertz CT molecular complexity index is 761. The minimum atomic E-state index is 0.283. The molecule has 28 heavy (non-hydrogen) atoms. The summed E-state index contributed by atoms with van der Waals surface area (Å²) in [4.78, 5) is 0. The van der Waals surface area contributed by atoms with Crippen LogP contribution >= 0.6 is 15.9 Å². The number of benzene rings is 3. The van der Waals surface area contributed by atoms with Crippen LogP contribution < -0.4 is 9.47 Å². The first kappa shape index (κ1) is 23.6. The maximum absolute atomic E-state index is 9.11. The van der Waals surface area contributed by atoms with Gasteiger partial charge in [0.15, 0.2) is 0 Å². The summed E-state index contributed by atoms with van der Waals surface area (Å²) >= 11 is 3.31. The molecule has 0 aliphatic carbocycles. The van der Waals surface area contributed by atoms with Crippen molar-refractivity contribution in [3.63, 3.8) is 0 Å². The van der Waals surface area contributed by atoms with Crippen LogP contribution in [0.3, 0.4) is 0 Å². The molecule has 3 aromatic rings. The molecule has 0 radical (unpaired) electrons. The number of phenolic OH excluding ortho intramolecular Hbond substituents is 1. The first-order chi connectivity index (χ1) is 13.7. The van der Waals surface area contributed by atoms with Gasteiger partial charge in [-0.05, 0) is 48.7 Å². The largest absolute Gasteiger partial charge is 0.508 e. The molecule has 1 heterocycles. The number of rotatable bonds is 1. The van der Waals surface area contributed by atoms with Crippen LogP contribution in [-0.2, 0) is 6.42 Å². The maximum Gasteiger partial charge on any atom is 0.126 e. The molecule has 150 valence electrons. The molecular formula is C24H29BrO3. The van der Waals surface area contributed by atoms with Crippen LogP contribution in [0.15, 0.2) is 83.3 Å². The van der Waals surface area contributed by atoms with Gasteiger partial charge >= 0.3 is 0 Å². The smallest absolute Gasteiger partial charge is 0.126 e. The van der Waals surface area contributed by atoms with E-state index in [4.69, 9.17) is 14.6 Å². The molecule has 0 spiro atoms.